The maximum atomic E-state index is 11.3. The molecule has 0 radical (unpaired) electrons. The predicted molar refractivity (Wildman–Crippen MR) is 98.8 cm³/mol. The quantitative estimate of drug-likeness (QED) is 0.439. The molecule has 0 heterocycles. The van der Waals surface area contributed by atoms with Gasteiger partial charge in [-0.25, -0.2) is 4.79 Å². The molecule has 0 unspecified atom stereocenters. The summed E-state index contributed by atoms with van der Waals surface area (Å²) < 4.78 is 2.59. The van der Waals surface area contributed by atoms with Gasteiger partial charge in [0.25, 0.3) is 0 Å². The maximum absolute atomic E-state index is 11.3. The molecule has 0 atom stereocenters. The first-order valence-corrected chi connectivity index (χ1v) is 8.55. The normalized spacial score (nSPS) is 11.4. The zero-order valence-corrected chi connectivity index (χ0v) is 16.2. The van der Waals surface area contributed by atoms with Crippen LogP contribution in [0.15, 0.2) is 54.9 Å². The minimum Gasteiger partial charge on any atom is -0.478 e. The van der Waals surface area contributed by atoms with E-state index in [1.807, 2.05) is 12.1 Å². The van der Waals surface area contributed by atoms with Crippen molar-refractivity contribution in [3.05, 3.63) is 60.9 Å². The summed E-state index contributed by atoms with van der Waals surface area (Å²) in [4.78, 5) is 11.3. The molecule has 114 valence electrons. The molecule has 2 aromatic rings. The topological polar surface area (TPSA) is 61.7 Å². The molecule has 0 bridgehead atoms. The van der Waals surface area contributed by atoms with Crippen molar-refractivity contribution in [3.63, 3.8) is 0 Å². The van der Waals surface area contributed by atoms with Gasteiger partial charge in [0, 0.05) is 19.0 Å². The number of carboxylic acid groups (broad SMARTS) is 1. The standard InChI is InChI=1S/C15H11Br3N2O2/c1-8(10-4-2-3-5-11(10)15(21)22)19-20-14-12(17)6-9(16)7-13(14)18/h2-7,20H,1H3,(H,21,22)/b19-8+. The van der Waals surface area contributed by atoms with Crippen LogP contribution in [0.25, 0.3) is 0 Å². The van der Waals surface area contributed by atoms with Crippen LogP contribution in [0.4, 0.5) is 5.69 Å². The van der Waals surface area contributed by atoms with E-state index >= 15 is 0 Å². The lowest BCUT2D eigenvalue weighted by molar-refractivity contribution is 0.0696. The Morgan fingerprint density at radius 2 is 1.64 bits per heavy atom. The number of aromatic carboxylic acids is 1. The zero-order valence-electron chi connectivity index (χ0n) is 11.4. The summed E-state index contributed by atoms with van der Waals surface area (Å²) in [6.07, 6.45) is 0. The molecule has 2 rings (SSSR count). The number of hydrazone groups is 1. The monoisotopic (exact) mass is 488 g/mol. The van der Waals surface area contributed by atoms with Crippen molar-refractivity contribution in [3.8, 4) is 0 Å². The van der Waals surface area contributed by atoms with Gasteiger partial charge >= 0.3 is 5.97 Å². The molecule has 0 aromatic heterocycles. The molecule has 4 nitrogen and oxygen atoms in total. The van der Waals surface area contributed by atoms with Crippen molar-refractivity contribution in [1.82, 2.24) is 0 Å². The van der Waals surface area contributed by atoms with Crippen LogP contribution < -0.4 is 5.43 Å². The van der Waals surface area contributed by atoms with Gasteiger partial charge in [-0.2, -0.15) is 5.10 Å². The first-order valence-electron chi connectivity index (χ1n) is 6.17. The Morgan fingerprint density at radius 1 is 1.09 bits per heavy atom. The van der Waals surface area contributed by atoms with E-state index in [4.69, 9.17) is 0 Å². The number of benzene rings is 2. The number of halogens is 3. The van der Waals surface area contributed by atoms with Crippen LogP contribution in [0.3, 0.4) is 0 Å². The first-order chi connectivity index (χ1) is 10.4. The fourth-order valence-corrected chi connectivity index (χ4v) is 4.27. The number of nitrogens with zero attached hydrogens (tertiary/aromatic N) is 1. The van der Waals surface area contributed by atoms with Crippen LogP contribution in [0.1, 0.15) is 22.8 Å². The van der Waals surface area contributed by atoms with E-state index in [-0.39, 0.29) is 5.56 Å². The zero-order chi connectivity index (χ0) is 16.3. The third-order valence-corrected chi connectivity index (χ3v) is 4.60. The average Bonchev–Trinajstić information content (AvgIpc) is 2.45. The summed E-state index contributed by atoms with van der Waals surface area (Å²) in [7, 11) is 0. The number of anilines is 1. The second-order valence-electron chi connectivity index (χ2n) is 4.40. The number of rotatable bonds is 4. The third-order valence-electron chi connectivity index (χ3n) is 2.89. The molecule has 0 aliphatic heterocycles. The second kappa shape index (κ2) is 7.39. The molecular weight excluding hydrogens is 480 g/mol. The van der Waals surface area contributed by atoms with Crippen molar-refractivity contribution in [2.75, 3.05) is 5.43 Å². The largest absolute Gasteiger partial charge is 0.478 e. The molecule has 0 saturated carbocycles. The van der Waals surface area contributed by atoms with E-state index in [1.54, 1.807) is 31.2 Å². The van der Waals surface area contributed by atoms with Crippen molar-refractivity contribution in [1.29, 1.82) is 0 Å². The van der Waals surface area contributed by atoms with Gasteiger partial charge in [-0.15, -0.1) is 0 Å². The summed E-state index contributed by atoms with van der Waals surface area (Å²) in [6, 6.07) is 10.5. The number of carbonyl (C=O) groups is 1. The molecule has 0 amide bonds. The molecule has 7 heteroatoms. The lowest BCUT2D eigenvalue weighted by Gasteiger charge is -2.10. The molecule has 0 saturated heterocycles. The van der Waals surface area contributed by atoms with Gasteiger partial charge in [0.2, 0.25) is 0 Å². The van der Waals surface area contributed by atoms with Gasteiger partial charge in [-0.3, -0.25) is 5.43 Å². The number of carboxylic acids is 1. The Labute approximate surface area is 153 Å². The molecule has 0 fully saturated rings. The lowest BCUT2D eigenvalue weighted by atomic mass is 10.0. The Bertz CT molecular complexity index is 737. The van der Waals surface area contributed by atoms with Crippen LogP contribution in [-0.2, 0) is 0 Å². The SMILES string of the molecule is C/C(=N\Nc1c(Br)cc(Br)cc1Br)c1ccccc1C(=O)O. The van der Waals surface area contributed by atoms with Crippen LogP contribution in [0.2, 0.25) is 0 Å². The van der Waals surface area contributed by atoms with Gasteiger partial charge in [-0.1, -0.05) is 34.1 Å². The summed E-state index contributed by atoms with van der Waals surface area (Å²) in [5, 5.41) is 13.5. The molecule has 2 N–H and O–H groups in total. The second-order valence-corrected chi connectivity index (χ2v) is 7.03. The van der Waals surface area contributed by atoms with Gasteiger partial charge in [0.05, 0.1) is 17.0 Å². The molecule has 0 spiro atoms. The van der Waals surface area contributed by atoms with Gasteiger partial charge in [-0.05, 0) is 57.0 Å². The van der Waals surface area contributed by atoms with E-state index in [2.05, 4.69) is 58.3 Å². The average molecular weight is 491 g/mol. The van der Waals surface area contributed by atoms with Crippen molar-refractivity contribution in [2.45, 2.75) is 6.92 Å². The number of hydrogen-bond donors (Lipinski definition) is 2. The molecule has 0 aliphatic rings. The summed E-state index contributed by atoms with van der Waals surface area (Å²) in [5.74, 6) is -0.976. The van der Waals surface area contributed by atoms with Crippen LogP contribution in [-0.4, -0.2) is 16.8 Å². The smallest absolute Gasteiger partial charge is 0.336 e. The highest BCUT2D eigenvalue weighted by atomic mass is 79.9. The van der Waals surface area contributed by atoms with Crippen molar-refractivity contribution >= 4 is 65.2 Å². The van der Waals surface area contributed by atoms with E-state index in [1.165, 1.54) is 0 Å². The van der Waals surface area contributed by atoms with E-state index in [9.17, 15) is 9.90 Å². The fraction of sp³-hybridized carbons (Fsp3) is 0.0667. The molecule has 0 aliphatic carbocycles. The highest BCUT2D eigenvalue weighted by molar-refractivity contribution is 9.11. The van der Waals surface area contributed by atoms with Crippen molar-refractivity contribution < 1.29 is 9.90 Å². The number of nitrogens with one attached hydrogen (secondary N) is 1. The van der Waals surface area contributed by atoms with Gasteiger partial charge in [0.1, 0.15) is 0 Å². The summed E-state index contributed by atoms with van der Waals surface area (Å²) in [5.41, 5.74) is 5.09. The fourth-order valence-electron chi connectivity index (χ4n) is 1.83. The van der Waals surface area contributed by atoms with Crippen LogP contribution in [0.5, 0.6) is 0 Å². The first kappa shape index (κ1) is 17.2. The Hall–Kier alpha value is -1.18. The molecule has 22 heavy (non-hydrogen) atoms. The summed E-state index contributed by atoms with van der Waals surface area (Å²) in [6.45, 7) is 1.76. The molecular formula is C15H11Br3N2O2. The minimum atomic E-state index is -0.976. The molecule has 2 aromatic carbocycles. The highest BCUT2D eigenvalue weighted by Crippen LogP contribution is 2.34. The van der Waals surface area contributed by atoms with Crippen LogP contribution in [0, 0.1) is 0 Å². The minimum absolute atomic E-state index is 0.222. The lowest BCUT2D eigenvalue weighted by Crippen LogP contribution is -2.08. The highest BCUT2D eigenvalue weighted by Gasteiger charge is 2.12. The van der Waals surface area contributed by atoms with Crippen LogP contribution >= 0.6 is 47.8 Å². The van der Waals surface area contributed by atoms with Gasteiger partial charge < -0.3 is 5.11 Å². The van der Waals surface area contributed by atoms with Crippen molar-refractivity contribution in [2.24, 2.45) is 5.10 Å². The third kappa shape index (κ3) is 3.97. The Kier molecular flexibility index (Phi) is 5.77. The predicted octanol–water partition coefficient (Wildman–Crippen LogP) is 5.51. The van der Waals surface area contributed by atoms with E-state index < -0.39 is 5.97 Å². The van der Waals surface area contributed by atoms with E-state index in [0.717, 1.165) is 19.1 Å². The van der Waals surface area contributed by atoms with Gasteiger partial charge in [0.15, 0.2) is 0 Å². The summed E-state index contributed by atoms with van der Waals surface area (Å²) >= 11 is 10.3. The maximum Gasteiger partial charge on any atom is 0.336 e. The van der Waals surface area contributed by atoms with E-state index in [0.29, 0.717) is 11.3 Å². The Balaban J connectivity index is 2.34. The Morgan fingerprint density at radius 3 is 2.18 bits per heavy atom. The number of hydrogen-bond acceptors (Lipinski definition) is 3.